The summed E-state index contributed by atoms with van der Waals surface area (Å²) in [6, 6.07) is 17.8. The molecule has 0 radical (unpaired) electrons. The Labute approximate surface area is 169 Å². The van der Waals surface area contributed by atoms with Crippen molar-refractivity contribution in [2.45, 2.75) is 6.67 Å². The minimum Gasteiger partial charge on any atom is -0.297 e. The number of aromatic nitrogens is 2. The quantitative estimate of drug-likeness (QED) is 0.646. The van der Waals surface area contributed by atoms with Crippen LogP contribution in [0.3, 0.4) is 0 Å². The van der Waals surface area contributed by atoms with E-state index in [-0.39, 0.29) is 5.56 Å². The Morgan fingerprint density at radius 3 is 2.46 bits per heavy atom. The fourth-order valence-electron chi connectivity index (χ4n) is 3.31. The Kier molecular flexibility index (Phi) is 6.11. The molecule has 144 valence electrons. The molecular weight excluding hydrogens is 368 g/mol. The molecule has 1 saturated heterocycles. The third-order valence-electron chi connectivity index (χ3n) is 4.91. The molecule has 0 spiro atoms. The van der Waals surface area contributed by atoms with E-state index in [1.807, 2.05) is 29.6 Å². The Hall–Kier alpha value is -2.54. The van der Waals surface area contributed by atoms with Gasteiger partial charge in [0.15, 0.2) is 0 Å². The highest BCUT2D eigenvalue weighted by molar-refractivity contribution is 7.13. The molecule has 4 rings (SSSR count). The van der Waals surface area contributed by atoms with Gasteiger partial charge < -0.3 is 0 Å². The summed E-state index contributed by atoms with van der Waals surface area (Å²) in [6.07, 6.45) is 4.40. The van der Waals surface area contributed by atoms with Crippen LogP contribution in [0.4, 0.5) is 0 Å². The molecule has 0 unspecified atom stereocenters. The highest BCUT2D eigenvalue weighted by Gasteiger charge is 2.17. The van der Waals surface area contributed by atoms with Crippen LogP contribution in [0.25, 0.3) is 16.6 Å². The summed E-state index contributed by atoms with van der Waals surface area (Å²) in [7, 11) is 0. The number of nitrogens with zero attached hydrogens (tertiary/aromatic N) is 4. The van der Waals surface area contributed by atoms with Crippen LogP contribution in [0, 0.1) is 0 Å². The van der Waals surface area contributed by atoms with Crippen LogP contribution in [0.1, 0.15) is 5.56 Å². The first-order valence-corrected chi connectivity index (χ1v) is 10.4. The van der Waals surface area contributed by atoms with Crippen LogP contribution in [0.15, 0.2) is 70.8 Å². The van der Waals surface area contributed by atoms with Crippen molar-refractivity contribution in [2.24, 2.45) is 0 Å². The first kappa shape index (κ1) is 18.8. The minimum atomic E-state index is -0.0477. The van der Waals surface area contributed by atoms with Gasteiger partial charge in [-0.15, -0.1) is 11.3 Å². The van der Waals surface area contributed by atoms with Crippen LogP contribution >= 0.6 is 11.3 Å². The lowest BCUT2D eigenvalue weighted by molar-refractivity contribution is 0.109. The molecule has 28 heavy (non-hydrogen) atoms. The highest BCUT2D eigenvalue weighted by atomic mass is 32.1. The maximum absolute atomic E-state index is 12.2. The molecule has 0 saturated carbocycles. The van der Waals surface area contributed by atoms with Gasteiger partial charge in [-0.25, -0.2) is 4.68 Å². The van der Waals surface area contributed by atoms with Crippen molar-refractivity contribution in [3.63, 3.8) is 0 Å². The van der Waals surface area contributed by atoms with Crippen molar-refractivity contribution < 1.29 is 0 Å². The van der Waals surface area contributed by atoms with Crippen molar-refractivity contribution in [2.75, 3.05) is 32.7 Å². The van der Waals surface area contributed by atoms with Crippen molar-refractivity contribution in [1.29, 1.82) is 0 Å². The zero-order valence-electron chi connectivity index (χ0n) is 15.8. The molecule has 0 aliphatic carbocycles. The molecule has 5 nitrogen and oxygen atoms in total. The molecule has 0 N–H and O–H groups in total. The Bertz CT molecular complexity index is 958. The molecule has 1 aliphatic heterocycles. The number of thiophene rings is 1. The van der Waals surface area contributed by atoms with E-state index in [1.54, 1.807) is 22.1 Å². The monoisotopic (exact) mass is 392 g/mol. The molecule has 1 fully saturated rings. The second-order valence-electron chi connectivity index (χ2n) is 6.91. The third-order valence-corrected chi connectivity index (χ3v) is 5.80. The number of hydrogen-bond donors (Lipinski definition) is 0. The molecular formula is C22H24N4OS. The van der Waals surface area contributed by atoms with E-state index in [1.165, 1.54) is 5.56 Å². The van der Waals surface area contributed by atoms with E-state index in [0.29, 0.717) is 6.67 Å². The fourth-order valence-corrected chi connectivity index (χ4v) is 4.00. The zero-order valence-corrected chi connectivity index (χ0v) is 16.6. The summed E-state index contributed by atoms with van der Waals surface area (Å²) in [5.74, 6) is 0. The fraction of sp³-hybridized carbons (Fsp3) is 0.273. The van der Waals surface area contributed by atoms with E-state index in [9.17, 15) is 4.79 Å². The van der Waals surface area contributed by atoms with Gasteiger partial charge in [-0.1, -0.05) is 48.6 Å². The molecule has 2 aromatic heterocycles. The average Bonchev–Trinajstić information content (AvgIpc) is 3.27. The lowest BCUT2D eigenvalue weighted by Gasteiger charge is -2.34. The van der Waals surface area contributed by atoms with Gasteiger partial charge in [-0.3, -0.25) is 14.6 Å². The average molecular weight is 393 g/mol. The summed E-state index contributed by atoms with van der Waals surface area (Å²) in [5, 5.41) is 6.58. The van der Waals surface area contributed by atoms with Crippen LogP contribution in [-0.2, 0) is 6.67 Å². The third kappa shape index (κ3) is 4.84. The summed E-state index contributed by atoms with van der Waals surface area (Å²) < 4.78 is 1.58. The molecule has 0 bridgehead atoms. The Balaban J connectivity index is 1.30. The predicted octanol–water partition coefficient (Wildman–Crippen LogP) is 3.26. The van der Waals surface area contributed by atoms with Crippen LogP contribution in [0.2, 0.25) is 0 Å². The first-order valence-electron chi connectivity index (χ1n) is 9.56. The van der Waals surface area contributed by atoms with Gasteiger partial charge in [0, 0.05) is 38.8 Å². The second kappa shape index (κ2) is 9.10. The van der Waals surface area contributed by atoms with E-state index in [0.717, 1.165) is 43.3 Å². The van der Waals surface area contributed by atoms with Gasteiger partial charge >= 0.3 is 0 Å². The topological polar surface area (TPSA) is 41.4 Å². The predicted molar refractivity (Wildman–Crippen MR) is 115 cm³/mol. The van der Waals surface area contributed by atoms with Crippen molar-refractivity contribution in [3.8, 4) is 10.6 Å². The van der Waals surface area contributed by atoms with Gasteiger partial charge in [-0.05, 0) is 23.1 Å². The van der Waals surface area contributed by atoms with Gasteiger partial charge in [0.1, 0.15) is 5.69 Å². The lowest BCUT2D eigenvalue weighted by atomic mass is 10.2. The normalized spacial score (nSPS) is 16.0. The minimum absolute atomic E-state index is 0.0477. The van der Waals surface area contributed by atoms with Crippen molar-refractivity contribution in [1.82, 2.24) is 19.6 Å². The van der Waals surface area contributed by atoms with E-state index in [2.05, 4.69) is 51.3 Å². The molecule has 1 aromatic carbocycles. The van der Waals surface area contributed by atoms with Gasteiger partial charge in [0.25, 0.3) is 5.56 Å². The largest absolute Gasteiger partial charge is 0.297 e. The number of piperazine rings is 1. The Morgan fingerprint density at radius 1 is 0.929 bits per heavy atom. The van der Waals surface area contributed by atoms with Crippen molar-refractivity contribution in [3.05, 3.63) is 82.0 Å². The van der Waals surface area contributed by atoms with Crippen LogP contribution < -0.4 is 5.56 Å². The van der Waals surface area contributed by atoms with Crippen molar-refractivity contribution >= 4 is 17.4 Å². The van der Waals surface area contributed by atoms with Gasteiger partial charge in [0.05, 0.1) is 11.5 Å². The molecule has 0 amide bonds. The summed E-state index contributed by atoms with van der Waals surface area (Å²) in [4.78, 5) is 18.0. The number of rotatable bonds is 6. The number of benzene rings is 1. The summed E-state index contributed by atoms with van der Waals surface area (Å²) in [6.45, 7) is 5.38. The lowest BCUT2D eigenvalue weighted by Crippen LogP contribution is -2.47. The van der Waals surface area contributed by atoms with Crippen LogP contribution in [0.5, 0.6) is 0 Å². The standard InChI is InChI=1S/C22H24N4OS/c27-22-11-10-20(21-9-5-17-28-21)23-26(22)18-25-15-13-24(14-16-25)12-4-8-19-6-2-1-3-7-19/h1-11,17H,12-16,18H2/b8-4+. The molecule has 1 aliphatic rings. The van der Waals surface area contributed by atoms with E-state index in [4.69, 9.17) is 0 Å². The highest BCUT2D eigenvalue weighted by Crippen LogP contribution is 2.21. The summed E-state index contributed by atoms with van der Waals surface area (Å²) >= 11 is 1.64. The Morgan fingerprint density at radius 2 is 1.71 bits per heavy atom. The molecule has 3 heterocycles. The maximum atomic E-state index is 12.2. The van der Waals surface area contributed by atoms with E-state index < -0.39 is 0 Å². The molecule has 6 heteroatoms. The summed E-state index contributed by atoms with van der Waals surface area (Å²) in [5.41, 5.74) is 2.05. The number of hydrogen-bond acceptors (Lipinski definition) is 5. The SMILES string of the molecule is O=c1ccc(-c2cccs2)nn1CN1CCN(C/C=C/c2ccccc2)CC1. The van der Waals surface area contributed by atoms with Gasteiger partial charge in [-0.2, -0.15) is 5.10 Å². The second-order valence-corrected chi connectivity index (χ2v) is 7.85. The maximum Gasteiger partial charge on any atom is 0.268 e. The van der Waals surface area contributed by atoms with Gasteiger partial charge in [0.2, 0.25) is 0 Å². The van der Waals surface area contributed by atoms with Crippen LogP contribution in [-0.4, -0.2) is 52.3 Å². The molecule has 3 aromatic rings. The molecule has 0 atom stereocenters. The van der Waals surface area contributed by atoms with E-state index >= 15 is 0 Å². The smallest absolute Gasteiger partial charge is 0.268 e. The first-order chi connectivity index (χ1) is 13.8. The zero-order chi connectivity index (χ0) is 19.2.